The molecule has 1 fully saturated rings. The zero-order valence-electron chi connectivity index (χ0n) is 8.77. The zero-order valence-corrected chi connectivity index (χ0v) is 9.59. The summed E-state index contributed by atoms with van der Waals surface area (Å²) in [5, 5.41) is 2.25. The second kappa shape index (κ2) is 6.67. The van der Waals surface area contributed by atoms with E-state index < -0.39 is 6.04 Å². The number of thiocarbonyl (C=S) groups is 1. The maximum atomic E-state index is 11.3. The lowest BCUT2D eigenvalue weighted by Gasteiger charge is -2.23. The Bertz CT molecular complexity index is 257. The van der Waals surface area contributed by atoms with Gasteiger partial charge in [-0.25, -0.2) is 9.79 Å². The molecule has 0 N–H and O–H groups in total. The maximum absolute atomic E-state index is 11.3. The smallest absolute Gasteiger partial charge is 0.331 e. The van der Waals surface area contributed by atoms with E-state index in [4.69, 9.17) is 4.74 Å². The van der Waals surface area contributed by atoms with E-state index >= 15 is 0 Å². The molecule has 0 bridgehead atoms. The number of carbonyl (C=O) groups is 1. The van der Waals surface area contributed by atoms with Crippen LogP contribution in [0.25, 0.3) is 0 Å². The summed E-state index contributed by atoms with van der Waals surface area (Å²) in [5.41, 5.74) is 0. The summed E-state index contributed by atoms with van der Waals surface area (Å²) >= 11 is 4.51. The van der Waals surface area contributed by atoms with E-state index in [-0.39, 0.29) is 5.97 Å². The van der Waals surface area contributed by atoms with Gasteiger partial charge in [-0.15, -0.1) is 0 Å². The number of ether oxygens (including phenoxy) is 2. The second-order valence-electron chi connectivity index (χ2n) is 3.55. The Morgan fingerprint density at radius 2 is 2.33 bits per heavy atom. The number of methoxy groups -OCH3 is 1. The van der Waals surface area contributed by atoms with Crippen LogP contribution in [0.15, 0.2) is 4.99 Å². The molecule has 1 rings (SSSR count). The molecular formula is C10H15NO3S. The first-order valence-electron chi connectivity index (χ1n) is 5.00. The molecule has 0 spiro atoms. The molecular weight excluding hydrogens is 214 g/mol. The molecule has 0 aliphatic carbocycles. The van der Waals surface area contributed by atoms with Gasteiger partial charge in [0.15, 0.2) is 6.04 Å². The highest BCUT2D eigenvalue weighted by molar-refractivity contribution is 7.78. The van der Waals surface area contributed by atoms with E-state index in [9.17, 15) is 4.79 Å². The summed E-state index contributed by atoms with van der Waals surface area (Å²) < 4.78 is 9.90. The van der Waals surface area contributed by atoms with Crippen LogP contribution >= 0.6 is 12.2 Å². The minimum atomic E-state index is -0.490. The average molecular weight is 229 g/mol. The van der Waals surface area contributed by atoms with Crippen molar-refractivity contribution in [1.82, 2.24) is 0 Å². The fourth-order valence-corrected chi connectivity index (χ4v) is 1.83. The second-order valence-corrected chi connectivity index (χ2v) is 3.73. The fourth-order valence-electron chi connectivity index (χ4n) is 1.70. The standard InChI is InChI=1S/C10H15NO3S/c1-13-10(12)9(11-7-15)6-8-2-4-14-5-3-8/h8-9H,2-6H2,1H3. The number of hydrogen-bond acceptors (Lipinski definition) is 5. The number of isothiocyanates is 1. The molecule has 0 saturated carbocycles. The molecule has 1 aliphatic heterocycles. The Kier molecular flexibility index (Phi) is 5.47. The third kappa shape index (κ3) is 4.08. The number of nitrogens with zero attached hydrogens (tertiary/aromatic N) is 1. The van der Waals surface area contributed by atoms with Crippen molar-refractivity contribution in [3.63, 3.8) is 0 Å². The van der Waals surface area contributed by atoms with Gasteiger partial charge in [0.2, 0.25) is 0 Å². The number of carbonyl (C=O) groups excluding carboxylic acids is 1. The Labute approximate surface area is 94.7 Å². The molecule has 5 heteroatoms. The average Bonchev–Trinajstić information content (AvgIpc) is 2.29. The number of aliphatic imine (C=N–C) groups is 1. The van der Waals surface area contributed by atoms with Crippen molar-refractivity contribution in [2.45, 2.75) is 25.3 Å². The van der Waals surface area contributed by atoms with Crippen LogP contribution in [-0.4, -0.2) is 37.5 Å². The van der Waals surface area contributed by atoms with Crippen LogP contribution in [0.4, 0.5) is 0 Å². The molecule has 1 aliphatic rings. The van der Waals surface area contributed by atoms with Crippen LogP contribution in [0.2, 0.25) is 0 Å². The molecule has 1 atom stereocenters. The highest BCUT2D eigenvalue weighted by atomic mass is 32.1. The van der Waals surface area contributed by atoms with Crippen LogP contribution in [0, 0.1) is 5.92 Å². The lowest BCUT2D eigenvalue weighted by Crippen LogP contribution is -2.26. The maximum Gasteiger partial charge on any atom is 0.331 e. The van der Waals surface area contributed by atoms with Gasteiger partial charge >= 0.3 is 5.97 Å². The topological polar surface area (TPSA) is 47.9 Å². The van der Waals surface area contributed by atoms with Gasteiger partial charge in [0.25, 0.3) is 0 Å². The van der Waals surface area contributed by atoms with Gasteiger partial charge in [0.1, 0.15) is 0 Å². The van der Waals surface area contributed by atoms with Gasteiger partial charge in [-0.2, -0.15) is 0 Å². The van der Waals surface area contributed by atoms with E-state index in [1.54, 1.807) is 0 Å². The Morgan fingerprint density at radius 3 is 2.87 bits per heavy atom. The van der Waals surface area contributed by atoms with Gasteiger partial charge in [-0.1, -0.05) is 0 Å². The molecule has 1 saturated heterocycles. The number of esters is 1. The third-order valence-electron chi connectivity index (χ3n) is 2.58. The van der Waals surface area contributed by atoms with Crippen LogP contribution < -0.4 is 0 Å². The van der Waals surface area contributed by atoms with Crippen molar-refractivity contribution in [1.29, 1.82) is 0 Å². The fraction of sp³-hybridized carbons (Fsp3) is 0.800. The molecule has 1 unspecified atom stereocenters. The van der Waals surface area contributed by atoms with Gasteiger partial charge < -0.3 is 9.47 Å². The van der Waals surface area contributed by atoms with Crippen molar-refractivity contribution < 1.29 is 14.3 Å². The Hall–Kier alpha value is -0.770. The molecule has 0 aromatic heterocycles. The first kappa shape index (κ1) is 12.3. The first-order valence-corrected chi connectivity index (χ1v) is 5.41. The quantitative estimate of drug-likeness (QED) is 0.416. The van der Waals surface area contributed by atoms with E-state index in [1.165, 1.54) is 7.11 Å². The van der Waals surface area contributed by atoms with Gasteiger partial charge in [-0.05, 0) is 37.4 Å². The summed E-state index contributed by atoms with van der Waals surface area (Å²) in [4.78, 5) is 15.2. The monoisotopic (exact) mass is 229 g/mol. The predicted molar refractivity (Wildman–Crippen MR) is 59.0 cm³/mol. The van der Waals surface area contributed by atoms with Crippen molar-refractivity contribution >= 4 is 23.3 Å². The largest absolute Gasteiger partial charge is 0.467 e. The minimum absolute atomic E-state index is 0.334. The van der Waals surface area contributed by atoms with Crippen LogP contribution in [0.3, 0.4) is 0 Å². The molecule has 0 aromatic carbocycles. The minimum Gasteiger partial charge on any atom is -0.467 e. The van der Waals surface area contributed by atoms with E-state index in [1.807, 2.05) is 0 Å². The first-order chi connectivity index (χ1) is 7.27. The highest BCUT2D eigenvalue weighted by Gasteiger charge is 2.24. The van der Waals surface area contributed by atoms with Gasteiger partial charge in [0, 0.05) is 13.2 Å². The molecule has 1 heterocycles. The molecule has 84 valence electrons. The van der Waals surface area contributed by atoms with E-state index in [0.29, 0.717) is 12.3 Å². The van der Waals surface area contributed by atoms with Crippen molar-refractivity contribution in [3.05, 3.63) is 0 Å². The SMILES string of the molecule is COC(=O)C(CC1CCOCC1)N=C=S. The number of rotatable bonds is 4. The summed E-state index contributed by atoms with van der Waals surface area (Å²) in [6.45, 7) is 1.53. The summed E-state index contributed by atoms with van der Waals surface area (Å²) in [6.07, 6.45) is 2.63. The Morgan fingerprint density at radius 1 is 1.67 bits per heavy atom. The summed E-state index contributed by atoms with van der Waals surface area (Å²) in [6, 6.07) is -0.490. The molecule has 15 heavy (non-hydrogen) atoms. The van der Waals surface area contributed by atoms with E-state index in [2.05, 4.69) is 27.1 Å². The van der Waals surface area contributed by atoms with Crippen LogP contribution in [0.5, 0.6) is 0 Å². The van der Waals surface area contributed by atoms with Gasteiger partial charge in [-0.3, -0.25) is 0 Å². The highest BCUT2D eigenvalue weighted by Crippen LogP contribution is 2.21. The van der Waals surface area contributed by atoms with E-state index in [0.717, 1.165) is 26.1 Å². The molecule has 4 nitrogen and oxygen atoms in total. The van der Waals surface area contributed by atoms with Gasteiger partial charge in [0.05, 0.1) is 12.3 Å². The number of hydrogen-bond donors (Lipinski definition) is 0. The predicted octanol–water partition coefficient (Wildman–Crippen LogP) is 1.45. The lowest BCUT2D eigenvalue weighted by atomic mass is 9.93. The van der Waals surface area contributed by atoms with Crippen molar-refractivity contribution in [2.24, 2.45) is 10.9 Å². The molecule has 0 amide bonds. The van der Waals surface area contributed by atoms with Crippen LogP contribution in [0.1, 0.15) is 19.3 Å². The molecule has 0 aromatic rings. The third-order valence-corrected chi connectivity index (χ3v) is 2.68. The summed E-state index contributed by atoms with van der Waals surface area (Å²) in [7, 11) is 1.36. The normalized spacial score (nSPS) is 19.0. The van der Waals surface area contributed by atoms with Crippen molar-refractivity contribution in [2.75, 3.05) is 20.3 Å². The van der Waals surface area contributed by atoms with Crippen molar-refractivity contribution in [3.8, 4) is 0 Å². The van der Waals surface area contributed by atoms with Crippen LogP contribution in [-0.2, 0) is 14.3 Å². The zero-order chi connectivity index (χ0) is 11.1. The summed E-state index contributed by atoms with van der Waals surface area (Å²) in [5.74, 6) is 0.133. The Balaban J connectivity index is 2.49. The molecule has 0 radical (unpaired) electrons. The lowest BCUT2D eigenvalue weighted by molar-refractivity contribution is -0.142.